The number of thioether (sulfide) groups is 1. The van der Waals surface area contributed by atoms with Crippen LogP contribution in [0.1, 0.15) is 31.0 Å². The number of ether oxygens (including phenoxy) is 2. The van der Waals surface area contributed by atoms with Crippen LogP contribution in [0.15, 0.2) is 68.4 Å². The molecule has 0 saturated carbocycles. The minimum Gasteiger partial charge on any atom is -0.504 e. The number of thiazole rings is 1. The molecule has 1 atom stereocenters. The van der Waals surface area contributed by atoms with Crippen LogP contribution in [0.3, 0.4) is 0 Å². The lowest BCUT2D eigenvalue weighted by Crippen LogP contribution is -2.39. The molecule has 0 fully saturated rings. The quantitative estimate of drug-likeness (QED) is 0.416. The lowest BCUT2D eigenvalue weighted by molar-refractivity contribution is -0.139. The maximum Gasteiger partial charge on any atom is 0.338 e. The highest BCUT2D eigenvalue weighted by molar-refractivity contribution is 7.98. The summed E-state index contributed by atoms with van der Waals surface area (Å²) in [7, 11) is 1.47. The van der Waals surface area contributed by atoms with Crippen molar-refractivity contribution in [1.82, 2.24) is 4.57 Å². The number of aromatic hydroxyl groups is 1. The fourth-order valence-electron chi connectivity index (χ4n) is 3.83. The van der Waals surface area contributed by atoms with Gasteiger partial charge in [-0.3, -0.25) is 9.36 Å². The highest BCUT2D eigenvalue weighted by Crippen LogP contribution is 2.32. The van der Waals surface area contributed by atoms with Gasteiger partial charge in [0, 0.05) is 4.90 Å². The van der Waals surface area contributed by atoms with Crippen LogP contribution in [0.2, 0.25) is 0 Å². The van der Waals surface area contributed by atoms with Crippen molar-refractivity contribution in [3.63, 3.8) is 0 Å². The first-order valence-electron chi connectivity index (χ1n) is 10.6. The number of rotatable bonds is 6. The number of phenolic OH excluding ortho intramolecular Hbond substituents is 1. The van der Waals surface area contributed by atoms with Crippen LogP contribution in [0.5, 0.6) is 11.5 Å². The van der Waals surface area contributed by atoms with Crippen LogP contribution in [0.25, 0.3) is 6.08 Å². The second kappa shape index (κ2) is 9.90. The average molecular weight is 497 g/mol. The molecule has 0 bridgehead atoms. The summed E-state index contributed by atoms with van der Waals surface area (Å²) in [6, 6.07) is 12.0. The first-order valence-corrected chi connectivity index (χ1v) is 12.6. The van der Waals surface area contributed by atoms with Gasteiger partial charge >= 0.3 is 5.97 Å². The van der Waals surface area contributed by atoms with Gasteiger partial charge in [-0.15, -0.1) is 11.8 Å². The summed E-state index contributed by atoms with van der Waals surface area (Å²) in [6.07, 6.45) is 3.72. The Morgan fingerprint density at radius 2 is 2.00 bits per heavy atom. The molecular formula is C25H24N2O5S2. The van der Waals surface area contributed by atoms with Gasteiger partial charge in [0.15, 0.2) is 16.3 Å². The van der Waals surface area contributed by atoms with E-state index in [0.29, 0.717) is 31.9 Å². The number of nitrogens with zero attached hydrogens (tertiary/aromatic N) is 2. The van der Waals surface area contributed by atoms with Crippen LogP contribution in [-0.4, -0.2) is 35.6 Å². The summed E-state index contributed by atoms with van der Waals surface area (Å²) in [6.45, 7) is 3.73. The van der Waals surface area contributed by atoms with Crippen molar-refractivity contribution in [2.45, 2.75) is 24.8 Å². The number of hydrogen-bond donors (Lipinski definition) is 1. The van der Waals surface area contributed by atoms with Crippen molar-refractivity contribution in [2.24, 2.45) is 4.99 Å². The van der Waals surface area contributed by atoms with Crippen molar-refractivity contribution in [2.75, 3.05) is 20.0 Å². The van der Waals surface area contributed by atoms with E-state index in [-0.39, 0.29) is 17.9 Å². The first kappa shape index (κ1) is 23.8. The molecule has 0 radical (unpaired) electrons. The zero-order valence-electron chi connectivity index (χ0n) is 19.2. The molecule has 7 nitrogen and oxygen atoms in total. The number of benzene rings is 2. The van der Waals surface area contributed by atoms with Crippen LogP contribution >= 0.6 is 23.1 Å². The van der Waals surface area contributed by atoms with Crippen molar-refractivity contribution in [3.8, 4) is 11.5 Å². The molecule has 34 heavy (non-hydrogen) atoms. The van der Waals surface area contributed by atoms with E-state index < -0.39 is 12.0 Å². The van der Waals surface area contributed by atoms with E-state index in [0.717, 1.165) is 10.5 Å². The Kier molecular flexibility index (Phi) is 6.95. The molecule has 2 heterocycles. The van der Waals surface area contributed by atoms with Gasteiger partial charge in [0.1, 0.15) is 0 Å². The second-order valence-electron chi connectivity index (χ2n) is 7.51. The Morgan fingerprint density at radius 1 is 1.26 bits per heavy atom. The van der Waals surface area contributed by atoms with E-state index in [1.807, 2.05) is 30.5 Å². The fourth-order valence-corrected chi connectivity index (χ4v) is 5.28. The highest BCUT2D eigenvalue weighted by Gasteiger charge is 2.33. The molecule has 0 saturated heterocycles. The summed E-state index contributed by atoms with van der Waals surface area (Å²) in [5.41, 5.74) is 2.11. The molecule has 176 valence electrons. The number of fused-ring (bicyclic) bond motifs is 1. The van der Waals surface area contributed by atoms with Gasteiger partial charge in [-0.2, -0.15) is 0 Å². The van der Waals surface area contributed by atoms with E-state index in [4.69, 9.17) is 9.47 Å². The minimum absolute atomic E-state index is 0.0181. The molecule has 2 aromatic carbocycles. The first-order chi connectivity index (χ1) is 16.4. The molecule has 1 aliphatic heterocycles. The van der Waals surface area contributed by atoms with Gasteiger partial charge in [-0.1, -0.05) is 29.5 Å². The van der Waals surface area contributed by atoms with Gasteiger partial charge in [0.05, 0.1) is 35.6 Å². The molecule has 1 aromatic heterocycles. The lowest BCUT2D eigenvalue weighted by atomic mass is 9.96. The zero-order chi connectivity index (χ0) is 24.4. The van der Waals surface area contributed by atoms with Crippen LogP contribution < -0.4 is 19.6 Å². The SMILES string of the molecule is CCOC(=O)C1=C(C)N=c2s/c(=C\c3ccc(O)c(OC)c3)c(=O)n2C1c1ccc(SC)cc1. The molecule has 1 unspecified atom stereocenters. The third-order valence-electron chi connectivity index (χ3n) is 5.45. The van der Waals surface area contributed by atoms with E-state index in [1.165, 1.54) is 24.5 Å². The molecule has 0 spiro atoms. The molecule has 0 amide bonds. The molecule has 4 rings (SSSR count). The predicted molar refractivity (Wildman–Crippen MR) is 133 cm³/mol. The summed E-state index contributed by atoms with van der Waals surface area (Å²) in [5.74, 6) is -0.154. The average Bonchev–Trinajstić information content (AvgIpc) is 3.13. The number of aromatic nitrogens is 1. The molecule has 1 aliphatic rings. The number of carbonyl (C=O) groups excluding carboxylic acids is 1. The summed E-state index contributed by atoms with van der Waals surface area (Å²) < 4.78 is 12.5. The monoisotopic (exact) mass is 496 g/mol. The van der Waals surface area contributed by atoms with E-state index >= 15 is 0 Å². The Hall–Kier alpha value is -3.30. The minimum atomic E-state index is -0.650. The van der Waals surface area contributed by atoms with Crippen molar-refractivity contribution in [3.05, 3.63) is 84.5 Å². The zero-order valence-corrected chi connectivity index (χ0v) is 20.8. The van der Waals surface area contributed by atoms with Gasteiger partial charge in [-0.05, 0) is 61.6 Å². The maximum atomic E-state index is 13.6. The Morgan fingerprint density at radius 3 is 2.65 bits per heavy atom. The summed E-state index contributed by atoms with van der Waals surface area (Å²) >= 11 is 2.86. The number of allylic oxidation sites excluding steroid dienone is 1. The van der Waals surface area contributed by atoms with Gasteiger partial charge in [-0.25, -0.2) is 9.79 Å². The normalized spacial score (nSPS) is 15.6. The number of methoxy groups -OCH3 is 1. The molecule has 1 N–H and O–H groups in total. The van der Waals surface area contributed by atoms with Gasteiger partial charge in [0.2, 0.25) is 0 Å². The lowest BCUT2D eigenvalue weighted by Gasteiger charge is -2.24. The predicted octanol–water partition coefficient (Wildman–Crippen LogP) is 3.23. The summed E-state index contributed by atoms with van der Waals surface area (Å²) in [5, 5.41) is 9.87. The van der Waals surface area contributed by atoms with Crippen molar-refractivity contribution in [1.29, 1.82) is 0 Å². The Balaban J connectivity index is 1.93. The highest BCUT2D eigenvalue weighted by atomic mass is 32.2. The number of hydrogen-bond acceptors (Lipinski definition) is 8. The molecule has 0 aliphatic carbocycles. The van der Waals surface area contributed by atoms with Crippen LogP contribution in [0.4, 0.5) is 0 Å². The Bertz CT molecular complexity index is 1450. The van der Waals surface area contributed by atoms with Gasteiger partial charge < -0.3 is 14.6 Å². The largest absolute Gasteiger partial charge is 0.504 e. The maximum absolute atomic E-state index is 13.6. The van der Waals surface area contributed by atoms with Crippen molar-refractivity contribution >= 4 is 35.1 Å². The number of phenols is 1. The van der Waals surface area contributed by atoms with E-state index in [9.17, 15) is 14.7 Å². The number of carbonyl (C=O) groups is 1. The molecule has 3 aromatic rings. The second-order valence-corrected chi connectivity index (χ2v) is 9.40. The van der Waals surface area contributed by atoms with Crippen LogP contribution in [-0.2, 0) is 9.53 Å². The molecule has 9 heteroatoms. The topological polar surface area (TPSA) is 90.1 Å². The number of esters is 1. The van der Waals surface area contributed by atoms with Crippen molar-refractivity contribution < 1.29 is 19.4 Å². The van der Waals surface area contributed by atoms with E-state index in [2.05, 4.69) is 4.99 Å². The fraction of sp³-hybridized carbons (Fsp3) is 0.240. The van der Waals surface area contributed by atoms with Crippen LogP contribution in [0, 0.1) is 0 Å². The van der Waals surface area contributed by atoms with Gasteiger partial charge in [0.25, 0.3) is 5.56 Å². The standard InChI is InChI=1S/C25H24N2O5S2/c1-5-32-24(30)21-14(2)26-25-27(22(21)16-7-9-17(33-4)10-8-16)23(29)20(34-25)13-15-6-11-18(28)19(12-15)31-3/h6-13,22,28H,5H2,1-4H3/b20-13-. The third kappa shape index (κ3) is 4.41. The third-order valence-corrected chi connectivity index (χ3v) is 7.18. The van der Waals surface area contributed by atoms with E-state index in [1.54, 1.807) is 48.4 Å². The summed E-state index contributed by atoms with van der Waals surface area (Å²) in [4.78, 5) is 32.7. The Labute approximate surface area is 204 Å². The smallest absolute Gasteiger partial charge is 0.338 e. The molecular weight excluding hydrogens is 472 g/mol.